The van der Waals surface area contributed by atoms with Crippen LogP contribution in [0, 0.1) is 0 Å². The van der Waals surface area contributed by atoms with Crippen molar-refractivity contribution >= 4 is 11.9 Å². The summed E-state index contributed by atoms with van der Waals surface area (Å²) in [5.74, 6) is -0.849. The maximum atomic E-state index is 10.9. The molecule has 2 unspecified atom stereocenters. The van der Waals surface area contributed by atoms with Crippen molar-refractivity contribution in [1.82, 2.24) is 0 Å². The van der Waals surface area contributed by atoms with E-state index < -0.39 is 24.1 Å². The summed E-state index contributed by atoms with van der Waals surface area (Å²) >= 11 is 0. The molecule has 0 saturated heterocycles. The lowest BCUT2D eigenvalue weighted by Crippen LogP contribution is -2.33. The number of rotatable bonds is 10. The highest BCUT2D eigenvalue weighted by molar-refractivity contribution is 5.66. The van der Waals surface area contributed by atoms with Crippen molar-refractivity contribution in [2.45, 2.75) is 64.3 Å². The van der Waals surface area contributed by atoms with E-state index in [-0.39, 0.29) is 25.9 Å². The summed E-state index contributed by atoms with van der Waals surface area (Å²) in [5.41, 5.74) is 0. The molecule has 0 aromatic carbocycles. The van der Waals surface area contributed by atoms with E-state index in [1.54, 1.807) is 0 Å². The number of esters is 2. The number of carbonyl (C=O) groups excluding carboxylic acids is 2. The van der Waals surface area contributed by atoms with Crippen molar-refractivity contribution in [3.8, 4) is 0 Å². The maximum absolute atomic E-state index is 10.9. The number of aliphatic hydroxyl groups excluding tert-OH is 1. The van der Waals surface area contributed by atoms with E-state index in [9.17, 15) is 14.7 Å². The Morgan fingerprint density at radius 2 is 1.57 bits per heavy atom. The molecule has 134 valence electrons. The highest BCUT2D eigenvalue weighted by Crippen LogP contribution is 2.20. The van der Waals surface area contributed by atoms with Crippen LogP contribution in [0.5, 0.6) is 0 Å². The summed E-state index contributed by atoms with van der Waals surface area (Å²) in [6, 6.07) is 0. The first-order valence-corrected chi connectivity index (χ1v) is 8.15. The second kappa shape index (κ2) is 11.4. The Morgan fingerprint density at radius 3 is 2.17 bits per heavy atom. The molecule has 1 saturated carbocycles. The van der Waals surface area contributed by atoms with E-state index in [1.165, 1.54) is 33.1 Å². The number of aliphatic hydroxyl groups is 1. The lowest BCUT2D eigenvalue weighted by molar-refractivity contribution is -0.154. The largest absolute Gasteiger partial charge is 0.463 e. The van der Waals surface area contributed by atoms with E-state index >= 15 is 0 Å². The molecule has 2 atom stereocenters. The Hall–Kier alpha value is -1.18. The van der Waals surface area contributed by atoms with Gasteiger partial charge in [0.2, 0.25) is 0 Å². The molecule has 1 fully saturated rings. The van der Waals surface area contributed by atoms with Crippen LogP contribution in [-0.4, -0.2) is 61.8 Å². The zero-order valence-electron chi connectivity index (χ0n) is 14.0. The standard InChI is InChI=1S/C16H28O7/c1-12(17)20-8-14(19)9-22-16(10-21-13(2)18)11-23-15-6-4-3-5-7-15/h14-16,19H,3-11H2,1-2H3. The maximum Gasteiger partial charge on any atom is 0.302 e. The molecule has 0 amide bonds. The minimum absolute atomic E-state index is 0.0206. The molecule has 0 radical (unpaired) electrons. The first kappa shape index (κ1) is 19.9. The Morgan fingerprint density at radius 1 is 0.957 bits per heavy atom. The van der Waals surface area contributed by atoms with E-state index in [1.807, 2.05) is 0 Å². The van der Waals surface area contributed by atoms with Gasteiger partial charge >= 0.3 is 11.9 Å². The topological polar surface area (TPSA) is 91.3 Å². The molecule has 1 N–H and O–H groups in total. The van der Waals surface area contributed by atoms with Gasteiger partial charge < -0.3 is 24.1 Å². The predicted octanol–water partition coefficient (Wildman–Crippen LogP) is 1.21. The quantitative estimate of drug-likeness (QED) is 0.601. The molecule has 1 aliphatic rings. The van der Waals surface area contributed by atoms with Crippen molar-refractivity contribution < 1.29 is 33.6 Å². The molecule has 0 aliphatic heterocycles. The lowest BCUT2D eigenvalue weighted by atomic mass is 9.98. The van der Waals surface area contributed by atoms with Crippen LogP contribution in [0.15, 0.2) is 0 Å². The van der Waals surface area contributed by atoms with E-state index in [2.05, 4.69) is 0 Å². The Balaban J connectivity index is 2.31. The van der Waals surface area contributed by atoms with Gasteiger partial charge in [-0.2, -0.15) is 0 Å². The number of hydrogen-bond acceptors (Lipinski definition) is 7. The fourth-order valence-corrected chi connectivity index (χ4v) is 2.34. The molecule has 7 nitrogen and oxygen atoms in total. The van der Waals surface area contributed by atoms with Gasteiger partial charge in [0.1, 0.15) is 25.4 Å². The SMILES string of the molecule is CC(=O)OCC(O)COC(COC(C)=O)COC1CCCCC1. The summed E-state index contributed by atoms with van der Waals surface area (Å²) in [6.45, 7) is 2.83. The summed E-state index contributed by atoms with van der Waals surface area (Å²) in [6.07, 6.45) is 4.50. The van der Waals surface area contributed by atoms with Gasteiger partial charge in [0.05, 0.1) is 19.3 Å². The summed E-state index contributed by atoms with van der Waals surface area (Å²) in [5, 5.41) is 9.69. The fourth-order valence-electron chi connectivity index (χ4n) is 2.34. The smallest absolute Gasteiger partial charge is 0.302 e. The van der Waals surface area contributed by atoms with Gasteiger partial charge in [-0.1, -0.05) is 19.3 Å². The first-order chi connectivity index (χ1) is 11.0. The molecule has 1 rings (SSSR count). The zero-order chi connectivity index (χ0) is 17.1. The van der Waals surface area contributed by atoms with E-state index in [0.29, 0.717) is 6.61 Å². The van der Waals surface area contributed by atoms with Gasteiger partial charge in [-0.05, 0) is 12.8 Å². The van der Waals surface area contributed by atoms with Crippen LogP contribution in [0.2, 0.25) is 0 Å². The minimum atomic E-state index is -0.923. The molecule has 0 heterocycles. The lowest BCUT2D eigenvalue weighted by Gasteiger charge is -2.25. The van der Waals surface area contributed by atoms with Gasteiger partial charge in [0.15, 0.2) is 0 Å². The minimum Gasteiger partial charge on any atom is -0.463 e. The van der Waals surface area contributed by atoms with Crippen molar-refractivity contribution in [2.75, 3.05) is 26.4 Å². The Kier molecular flexibility index (Phi) is 9.82. The second-order valence-corrected chi connectivity index (χ2v) is 5.81. The van der Waals surface area contributed by atoms with Crippen molar-refractivity contribution in [1.29, 1.82) is 0 Å². The van der Waals surface area contributed by atoms with Crippen LogP contribution < -0.4 is 0 Å². The molecule has 0 aromatic heterocycles. The van der Waals surface area contributed by atoms with Gasteiger partial charge in [0, 0.05) is 13.8 Å². The normalized spacial score (nSPS) is 18.2. The number of hydrogen-bond donors (Lipinski definition) is 1. The second-order valence-electron chi connectivity index (χ2n) is 5.81. The van der Waals surface area contributed by atoms with Crippen molar-refractivity contribution in [3.63, 3.8) is 0 Å². The summed E-state index contributed by atoms with van der Waals surface area (Å²) in [4.78, 5) is 21.6. The van der Waals surface area contributed by atoms with Crippen LogP contribution >= 0.6 is 0 Å². The van der Waals surface area contributed by atoms with Crippen molar-refractivity contribution in [3.05, 3.63) is 0 Å². The monoisotopic (exact) mass is 332 g/mol. The first-order valence-electron chi connectivity index (χ1n) is 8.15. The van der Waals surface area contributed by atoms with Crippen LogP contribution in [-0.2, 0) is 28.5 Å². The van der Waals surface area contributed by atoms with Gasteiger partial charge in [0.25, 0.3) is 0 Å². The molecule has 0 aromatic rings. The average molecular weight is 332 g/mol. The van der Waals surface area contributed by atoms with Crippen LogP contribution in [0.1, 0.15) is 46.0 Å². The third-order valence-electron chi connectivity index (χ3n) is 3.55. The van der Waals surface area contributed by atoms with Gasteiger partial charge in [-0.15, -0.1) is 0 Å². The highest BCUT2D eigenvalue weighted by Gasteiger charge is 2.19. The van der Waals surface area contributed by atoms with Crippen LogP contribution in [0.3, 0.4) is 0 Å². The van der Waals surface area contributed by atoms with Crippen LogP contribution in [0.25, 0.3) is 0 Å². The van der Waals surface area contributed by atoms with Crippen LogP contribution in [0.4, 0.5) is 0 Å². The third kappa shape index (κ3) is 10.3. The van der Waals surface area contributed by atoms with E-state index in [0.717, 1.165) is 12.8 Å². The van der Waals surface area contributed by atoms with E-state index in [4.69, 9.17) is 18.9 Å². The Bertz CT molecular complexity index is 352. The highest BCUT2D eigenvalue weighted by atomic mass is 16.6. The molecular formula is C16H28O7. The number of carbonyl (C=O) groups is 2. The fraction of sp³-hybridized carbons (Fsp3) is 0.875. The predicted molar refractivity (Wildman–Crippen MR) is 81.8 cm³/mol. The third-order valence-corrected chi connectivity index (χ3v) is 3.55. The average Bonchev–Trinajstić information content (AvgIpc) is 2.52. The summed E-state index contributed by atoms with van der Waals surface area (Å²) < 4.78 is 21.0. The summed E-state index contributed by atoms with van der Waals surface area (Å²) in [7, 11) is 0. The molecule has 0 spiro atoms. The van der Waals surface area contributed by atoms with Gasteiger partial charge in [-0.25, -0.2) is 0 Å². The molecule has 1 aliphatic carbocycles. The van der Waals surface area contributed by atoms with Gasteiger partial charge in [-0.3, -0.25) is 9.59 Å². The number of ether oxygens (including phenoxy) is 4. The molecular weight excluding hydrogens is 304 g/mol. The molecule has 7 heteroatoms. The Labute approximate surface area is 137 Å². The zero-order valence-corrected chi connectivity index (χ0v) is 14.0. The molecule has 23 heavy (non-hydrogen) atoms. The van der Waals surface area contributed by atoms with Crippen molar-refractivity contribution in [2.24, 2.45) is 0 Å². The molecule has 0 bridgehead atoms.